The summed E-state index contributed by atoms with van der Waals surface area (Å²) in [5.41, 5.74) is -2.03. The number of carbonyl (C=O) groups excluding carboxylic acids is 1. The number of aliphatic hydroxyl groups excluding tert-OH is 1. The number of alkyl halides is 3. The molecule has 3 nitrogen and oxygen atoms in total. The molecule has 1 aromatic carbocycles. The van der Waals surface area contributed by atoms with Gasteiger partial charge in [0.2, 0.25) is 5.91 Å². The highest BCUT2D eigenvalue weighted by Crippen LogP contribution is 2.39. The van der Waals surface area contributed by atoms with Crippen LogP contribution in [0.3, 0.4) is 0 Å². The van der Waals surface area contributed by atoms with E-state index in [1.54, 1.807) is 0 Å². The Hall–Kier alpha value is -1.63. The van der Waals surface area contributed by atoms with Crippen LogP contribution in [0.2, 0.25) is 0 Å². The van der Waals surface area contributed by atoms with E-state index in [0.29, 0.717) is 11.0 Å². The van der Waals surface area contributed by atoms with Gasteiger partial charge in [0.25, 0.3) is 0 Å². The lowest BCUT2D eigenvalue weighted by Gasteiger charge is -2.21. The van der Waals surface area contributed by atoms with Gasteiger partial charge >= 0.3 is 6.18 Å². The molecule has 1 fully saturated rings. The van der Waals surface area contributed by atoms with E-state index in [9.17, 15) is 27.5 Å². The van der Waals surface area contributed by atoms with Crippen molar-refractivity contribution in [3.05, 3.63) is 29.6 Å². The van der Waals surface area contributed by atoms with Gasteiger partial charge in [0.05, 0.1) is 30.3 Å². The monoisotopic (exact) mass is 263 g/mol. The number of para-hydroxylation sites is 1. The van der Waals surface area contributed by atoms with Crippen molar-refractivity contribution in [1.82, 2.24) is 0 Å². The van der Waals surface area contributed by atoms with E-state index >= 15 is 0 Å². The summed E-state index contributed by atoms with van der Waals surface area (Å²) < 4.78 is 51.8. The minimum Gasteiger partial charge on any atom is -0.391 e. The number of aliphatic hydroxyl groups is 1. The fourth-order valence-corrected chi connectivity index (χ4v) is 1.92. The first kappa shape index (κ1) is 12.8. The van der Waals surface area contributed by atoms with E-state index in [2.05, 4.69) is 0 Å². The predicted octanol–water partition coefficient (Wildman–Crippen LogP) is 1.94. The molecular formula is C11H9F4NO2. The predicted molar refractivity (Wildman–Crippen MR) is 54.4 cm³/mol. The zero-order valence-electron chi connectivity index (χ0n) is 9.04. The molecule has 18 heavy (non-hydrogen) atoms. The first-order valence-electron chi connectivity index (χ1n) is 5.15. The molecule has 0 radical (unpaired) electrons. The summed E-state index contributed by atoms with van der Waals surface area (Å²) in [6.07, 6.45) is -6.13. The fourth-order valence-electron chi connectivity index (χ4n) is 1.92. The lowest BCUT2D eigenvalue weighted by molar-refractivity contribution is -0.137. The van der Waals surface area contributed by atoms with Gasteiger partial charge in [-0.25, -0.2) is 4.39 Å². The number of benzene rings is 1. The van der Waals surface area contributed by atoms with E-state index in [1.807, 2.05) is 0 Å². The number of carbonyl (C=O) groups is 1. The summed E-state index contributed by atoms with van der Waals surface area (Å²) in [4.78, 5) is 12.1. The number of rotatable bonds is 1. The number of nitrogens with zero attached hydrogens (tertiary/aromatic N) is 1. The van der Waals surface area contributed by atoms with Gasteiger partial charge in [-0.05, 0) is 12.1 Å². The van der Waals surface area contributed by atoms with Gasteiger partial charge in [0, 0.05) is 0 Å². The molecule has 1 aromatic rings. The lowest BCUT2D eigenvalue weighted by Crippen LogP contribution is -2.29. The second kappa shape index (κ2) is 4.24. The molecule has 7 heteroatoms. The van der Waals surface area contributed by atoms with Crippen LogP contribution < -0.4 is 4.90 Å². The molecule has 1 heterocycles. The summed E-state index contributed by atoms with van der Waals surface area (Å²) in [6.45, 7) is -0.331. The molecule has 1 aliphatic rings. The molecule has 2 rings (SSSR count). The van der Waals surface area contributed by atoms with Crippen LogP contribution in [0.4, 0.5) is 23.2 Å². The van der Waals surface area contributed by atoms with Crippen molar-refractivity contribution in [2.45, 2.75) is 18.7 Å². The number of halogens is 4. The summed E-state index contributed by atoms with van der Waals surface area (Å²) in [6, 6.07) is 2.48. The molecular weight excluding hydrogens is 254 g/mol. The summed E-state index contributed by atoms with van der Waals surface area (Å²) in [5.74, 6) is -1.86. The van der Waals surface area contributed by atoms with E-state index in [4.69, 9.17) is 0 Å². The van der Waals surface area contributed by atoms with Crippen LogP contribution in [0.25, 0.3) is 0 Å². The van der Waals surface area contributed by atoms with Crippen molar-refractivity contribution >= 4 is 11.6 Å². The second-order valence-corrected chi connectivity index (χ2v) is 4.00. The van der Waals surface area contributed by atoms with Crippen LogP contribution >= 0.6 is 0 Å². The van der Waals surface area contributed by atoms with Crippen LogP contribution in [0.1, 0.15) is 12.0 Å². The quantitative estimate of drug-likeness (QED) is 0.787. The summed E-state index contributed by atoms with van der Waals surface area (Å²) in [7, 11) is 0. The van der Waals surface area contributed by atoms with Crippen LogP contribution in [0.15, 0.2) is 18.2 Å². The van der Waals surface area contributed by atoms with Crippen molar-refractivity contribution in [3.8, 4) is 0 Å². The largest absolute Gasteiger partial charge is 0.418 e. The molecule has 0 bridgehead atoms. The molecule has 98 valence electrons. The minimum atomic E-state index is -4.76. The molecule has 1 atom stereocenters. The molecule has 1 amide bonds. The minimum absolute atomic E-state index is 0.300. The highest BCUT2D eigenvalue weighted by Gasteiger charge is 2.40. The van der Waals surface area contributed by atoms with Crippen LogP contribution in [0, 0.1) is 5.82 Å². The fraction of sp³-hybridized carbons (Fsp3) is 0.364. The Bertz CT molecular complexity index is 486. The maximum absolute atomic E-state index is 13.6. The molecule has 1 saturated heterocycles. The van der Waals surface area contributed by atoms with Gasteiger partial charge in [0.15, 0.2) is 0 Å². The van der Waals surface area contributed by atoms with Crippen molar-refractivity contribution in [3.63, 3.8) is 0 Å². The third-order valence-electron chi connectivity index (χ3n) is 2.67. The number of β-amino-alcohol motifs (C(OH)–C–C–N with tert-alkyl or cyclic N) is 1. The second-order valence-electron chi connectivity index (χ2n) is 4.00. The standard InChI is InChI=1S/C11H9F4NO2/c12-8-3-1-2-7(11(13,14)15)10(8)16-5-6(17)4-9(16)18/h1-3,6,17H,4-5H2. The Morgan fingerprint density at radius 1 is 1.33 bits per heavy atom. The molecule has 0 spiro atoms. The molecule has 0 aliphatic carbocycles. The van der Waals surface area contributed by atoms with E-state index in [0.717, 1.165) is 12.1 Å². The maximum atomic E-state index is 13.6. The van der Waals surface area contributed by atoms with Crippen molar-refractivity contribution in [2.24, 2.45) is 0 Å². The van der Waals surface area contributed by atoms with Crippen molar-refractivity contribution in [2.75, 3.05) is 11.4 Å². The van der Waals surface area contributed by atoms with Gasteiger partial charge in [-0.2, -0.15) is 13.2 Å². The van der Waals surface area contributed by atoms with Crippen LogP contribution in [-0.4, -0.2) is 23.7 Å². The molecule has 1 N–H and O–H groups in total. The van der Waals surface area contributed by atoms with E-state index in [-0.39, 0.29) is 13.0 Å². The molecule has 1 unspecified atom stereocenters. The van der Waals surface area contributed by atoms with Crippen LogP contribution in [0.5, 0.6) is 0 Å². The molecule has 1 aliphatic heterocycles. The highest BCUT2D eigenvalue weighted by molar-refractivity contribution is 5.97. The normalized spacial score (nSPS) is 20.6. The third kappa shape index (κ3) is 2.17. The zero-order chi connectivity index (χ0) is 13.5. The van der Waals surface area contributed by atoms with Crippen molar-refractivity contribution < 1.29 is 27.5 Å². The Kier molecular flexibility index (Phi) is 3.02. The van der Waals surface area contributed by atoms with Crippen molar-refractivity contribution in [1.29, 1.82) is 0 Å². The third-order valence-corrected chi connectivity index (χ3v) is 2.67. The van der Waals surface area contributed by atoms with Crippen LogP contribution in [-0.2, 0) is 11.0 Å². The van der Waals surface area contributed by atoms with Gasteiger partial charge in [-0.1, -0.05) is 6.07 Å². The molecule has 0 aromatic heterocycles. The lowest BCUT2D eigenvalue weighted by atomic mass is 10.1. The zero-order valence-corrected chi connectivity index (χ0v) is 9.04. The van der Waals surface area contributed by atoms with E-state index in [1.165, 1.54) is 0 Å². The smallest absolute Gasteiger partial charge is 0.391 e. The average Bonchev–Trinajstić information content (AvgIpc) is 2.56. The first-order valence-corrected chi connectivity index (χ1v) is 5.15. The topological polar surface area (TPSA) is 40.5 Å². The number of anilines is 1. The summed E-state index contributed by atoms with van der Waals surface area (Å²) in [5, 5.41) is 9.25. The van der Waals surface area contributed by atoms with Gasteiger partial charge < -0.3 is 10.0 Å². The number of amides is 1. The summed E-state index contributed by atoms with van der Waals surface area (Å²) >= 11 is 0. The Labute approximate surface area is 99.6 Å². The Morgan fingerprint density at radius 3 is 2.50 bits per heavy atom. The first-order chi connectivity index (χ1) is 8.30. The SMILES string of the molecule is O=C1CC(O)CN1c1c(F)cccc1C(F)(F)F. The van der Waals surface area contributed by atoms with Gasteiger partial charge in [-0.3, -0.25) is 4.79 Å². The molecule has 0 saturated carbocycles. The van der Waals surface area contributed by atoms with E-state index < -0.39 is 35.3 Å². The highest BCUT2D eigenvalue weighted by atomic mass is 19.4. The average molecular weight is 263 g/mol. The Morgan fingerprint density at radius 2 is 2.00 bits per heavy atom. The van der Waals surface area contributed by atoms with Gasteiger partial charge in [0.1, 0.15) is 5.82 Å². The number of hydrogen-bond acceptors (Lipinski definition) is 2. The maximum Gasteiger partial charge on any atom is 0.418 e. The Balaban J connectivity index is 2.53. The van der Waals surface area contributed by atoms with Gasteiger partial charge in [-0.15, -0.1) is 0 Å². The number of hydrogen-bond donors (Lipinski definition) is 1.